The molecular weight excluding hydrogens is 294 g/mol. The Balaban J connectivity index is 2.03. The minimum Gasteiger partial charge on any atom is -0.204 e. The number of hydrogen-bond acceptors (Lipinski definition) is 2. The van der Waals surface area contributed by atoms with Crippen molar-refractivity contribution in [3.05, 3.63) is 35.4 Å². The van der Waals surface area contributed by atoms with Crippen molar-refractivity contribution < 1.29 is 8.78 Å². The highest BCUT2D eigenvalue weighted by Crippen LogP contribution is 2.49. The molecule has 0 aliphatic carbocycles. The van der Waals surface area contributed by atoms with E-state index in [-0.39, 0.29) is 4.08 Å². The second-order valence-corrected chi connectivity index (χ2v) is 8.52. The third kappa shape index (κ3) is 4.14. The standard InChI is InChI=1S/C16H22F2S2/c1-2-3-4-5-9-16(19-10-11-20-16)12-13-7-6-8-14(17)15(13)18/h6-8H,2-5,9-12H2,1H3. The van der Waals surface area contributed by atoms with Crippen molar-refractivity contribution in [2.45, 2.75) is 49.5 Å². The van der Waals surface area contributed by atoms with Crippen LogP contribution in [0.5, 0.6) is 0 Å². The van der Waals surface area contributed by atoms with Gasteiger partial charge in [-0.3, -0.25) is 0 Å². The zero-order valence-electron chi connectivity index (χ0n) is 12.0. The third-order valence-electron chi connectivity index (χ3n) is 3.72. The van der Waals surface area contributed by atoms with Crippen molar-refractivity contribution in [3.8, 4) is 0 Å². The summed E-state index contributed by atoms with van der Waals surface area (Å²) < 4.78 is 27.3. The molecule has 1 saturated heterocycles. The molecular formula is C16H22F2S2. The van der Waals surface area contributed by atoms with Crippen molar-refractivity contribution in [1.82, 2.24) is 0 Å². The van der Waals surface area contributed by atoms with Gasteiger partial charge in [-0.2, -0.15) is 0 Å². The fourth-order valence-corrected chi connectivity index (χ4v) is 5.96. The smallest absolute Gasteiger partial charge is 0.162 e. The predicted octanol–water partition coefficient (Wildman–Crippen LogP) is 5.65. The Labute approximate surface area is 129 Å². The molecule has 1 aliphatic rings. The lowest BCUT2D eigenvalue weighted by molar-refractivity contribution is 0.494. The van der Waals surface area contributed by atoms with Gasteiger partial charge in [0.2, 0.25) is 0 Å². The lowest BCUT2D eigenvalue weighted by Crippen LogP contribution is -2.21. The Morgan fingerprint density at radius 2 is 1.85 bits per heavy atom. The molecule has 0 bridgehead atoms. The summed E-state index contributed by atoms with van der Waals surface area (Å²) in [4.78, 5) is 0. The van der Waals surface area contributed by atoms with E-state index in [0.717, 1.165) is 17.9 Å². The SMILES string of the molecule is CCCCCCC1(Cc2cccc(F)c2F)SCCS1. The highest BCUT2D eigenvalue weighted by molar-refractivity contribution is 8.21. The van der Waals surface area contributed by atoms with Gasteiger partial charge in [-0.1, -0.05) is 44.7 Å². The summed E-state index contributed by atoms with van der Waals surface area (Å²) in [6.07, 6.45) is 6.65. The van der Waals surface area contributed by atoms with E-state index in [4.69, 9.17) is 0 Å². The van der Waals surface area contributed by atoms with E-state index in [9.17, 15) is 8.78 Å². The first-order valence-corrected chi connectivity index (χ1v) is 9.35. The minimum atomic E-state index is -0.725. The van der Waals surface area contributed by atoms with Gasteiger partial charge in [-0.05, 0) is 24.5 Å². The predicted molar refractivity (Wildman–Crippen MR) is 86.5 cm³/mol. The number of halogens is 2. The minimum absolute atomic E-state index is 0.0579. The van der Waals surface area contributed by atoms with E-state index in [1.807, 2.05) is 23.5 Å². The van der Waals surface area contributed by atoms with E-state index in [1.54, 1.807) is 12.1 Å². The molecule has 0 radical (unpaired) electrons. The first kappa shape index (κ1) is 16.2. The normalized spacial score (nSPS) is 17.6. The molecule has 0 atom stereocenters. The van der Waals surface area contributed by atoms with Gasteiger partial charge in [0.1, 0.15) is 0 Å². The number of benzene rings is 1. The van der Waals surface area contributed by atoms with E-state index in [1.165, 1.54) is 31.7 Å². The van der Waals surface area contributed by atoms with Crippen LogP contribution in [0.2, 0.25) is 0 Å². The van der Waals surface area contributed by atoms with Crippen LogP contribution in [0.15, 0.2) is 18.2 Å². The van der Waals surface area contributed by atoms with Crippen molar-refractivity contribution in [2.24, 2.45) is 0 Å². The Bertz CT molecular complexity index is 428. The highest BCUT2D eigenvalue weighted by Gasteiger charge is 2.36. The van der Waals surface area contributed by atoms with Crippen LogP contribution >= 0.6 is 23.5 Å². The van der Waals surface area contributed by atoms with Gasteiger partial charge in [0.25, 0.3) is 0 Å². The highest BCUT2D eigenvalue weighted by atomic mass is 32.2. The molecule has 0 N–H and O–H groups in total. The summed E-state index contributed by atoms with van der Waals surface area (Å²) in [6.45, 7) is 2.21. The van der Waals surface area contributed by atoms with Crippen LogP contribution in [0.1, 0.15) is 44.6 Å². The molecule has 0 nitrogen and oxygen atoms in total. The lowest BCUT2D eigenvalue weighted by Gasteiger charge is -2.27. The third-order valence-corrected chi connectivity index (χ3v) is 7.25. The number of thioether (sulfide) groups is 2. The van der Waals surface area contributed by atoms with Crippen LogP contribution in [0.3, 0.4) is 0 Å². The molecule has 2 rings (SSSR count). The maximum atomic E-state index is 13.9. The molecule has 1 aromatic carbocycles. The largest absolute Gasteiger partial charge is 0.204 e. The maximum absolute atomic E-state index is 13.9. The molecule has 0 spiro atoms. The van der Waals surface area contributed by atoms with Gasteiger partial charge in [0.05, 0.1) is 4.08 Å². The van der Waals surface area contributed by atoms with Gasteiger partial charge >= 0.3 is 0 Å². The molecule has 0 unspecified atom stereocenters. The second kappa shape index (κ2) is 7.69. The van der Waals surface area contributed by atoms with Crippen LogP contribution in [0.25, 0.3) is 0 Å². The fourth-order valence-electron chi connectivity index (χ4n) is 2.63. The van der Waals surface area contributed by atoms with Gasteiger partial charge in [-0.25, -0.2) is 8.78 Å². The topological polar surface area (TPSA) is 0 Å². The van der Waals surface area contributed by atoms with Gasteiger partial charge in [-0.15, -0.1) is 23.5 Å². The molecule has 20 heavy (non-hydrogen) atoms. The Kier molecular flexibility index (Phi) is 6.21. The molecule has 1 aliphatic heterocycles. The zero-order chi connectivity index (χ0) is 14.4. The van der Waals surface area contributed by atoms with Gasteiger partial charge in [0, 0.05) is 11.5 Å². The van der Waals surface area contributed by atoms with Crippen LogP contribution in [0.4, 0.5) is 8.78 Å². The Hall–Kier alpha value is -0.220. The van der Waals surface area contributed by atoms with Crippen LogP contribution in [-0.2, 0) is 6.42 Å². The quantitative estimate of drug-likeness (QED) is 0.596. The number of unbranched alkanes of at least 4 members (excludes halogenated alkanes) is 3. The first-order valence-electron chi connectivity index (χ1n) is 7.38. The average Bonchev–Trinajstić information content (AvgIpc) is 2.89. The average molecular weight is 316 g/mol. The summed E-state index contributed by atoms with van der Waals surface area (Å²) in [5.74, 6) is 0.857. The number of hydrogen-bond donors (Lipinski definition) is 0. The molecule has 4 heteroatoms. The lowest BCUT2D eigenvalue weighted by atomic mass is 10.0. The summed E-state index contributed by atoms with van der Waals surface area (Å²) in [7, 11) is 0. The summed E-state index contributed by atoms with van der Waals surface area (Å²) >= 11 is 3.86. The molecule has 1 heterocycles. The van der Waals surface area contributed by atoms with E-state index < -0.39 is 11.6 Å². The van der Waals surface area contributed by atoms with E-state index >= 15 is 0 Å². The zero-order valence-corrected chi connectivity index (χ0v) is 13.6. The van der Waals surface area contributed by atoms with Crippen LogP contribution in [-0.4, -0.2) is 15.6 Å². The molecule has 112 valence electrons. The summed E-state index contributed by atoms with van der Waals surface area (Å²) in [6, 6.07) is 4.54. The van der Waals surface area contributed by atoms with Crippen molar-refractivity contribution in [1.29, 1.82) is 0 Å². The molecule has 1 fully saturated rings. The van der Waals surface area contributed by atoms with Crippen molar-refractivity contribution >= 4 is 23.5 Å². The first-order chi connectivity index (χ1) is 9.67. The molecule has 0 saturated carbocycles. The monoisotopic (exact) mass is 316 g/mol. The Morgan fingerprint density at radius 3 is 2.55 bits per heavy atom. The molecule has 0 aromatic heterocycles. The number of rotatable bonds is 7. The van der Waals surface area contributed by atoms with Gasteiger partial charge in [0.15, 0.2) is 11.6 Å². The summed E-state index contributed by atoms with van der Waals surface area (Å²) in [5, 5.41) is 0. The van der Waals surface area contributed by atoms with Crippen LogP contribution in [0, 0.1) is 11.6 Å². The van der Waals surface area contributed by atoms with Crippen LogP contribution < -0.4 is 0 Å². The molecule has 1 aromatic rings. The second-order valence-electron chi connectivity index (χ2n) is 5.31. The van der Waals surface area contributed by atoms with E-state index in [2.05, 4.69) is 6.92 Å². The van der Waals surface area contributed by atoms with Crippen molar-refractivity contribution in [2.75, 3.05) is 11.5 Å². The van der Waals surface area contributed by atoms with Crippen molar-refractivity contribution in [3.63, 3.8) is 0 Å². The summed E-state index contributed by atoms with van der Waals surface area (Å²) in [5.41, 5.74) is 0.530. The van der Waals surface area contributed by atoms with Gasteiger partial charge < -0.3 is 0 Å². The van der Waals surface area contributed by atoms with E-state index in [0.29, 0.717) is 12.0 Å². The maximum Gasteiger partial charge on any atom is 0.162 e. The Morgan fingerprint density at radius 1 is 1.10 bits per heavy atom. The molecule has 0 amide bonds. The fraction of sp³-hybridized carbons (Fsp3) is 0.625.